The zero-order valence-corrected chi connectivity index (χ0v) is 18.6. The maximum atomic E-state index is 5.92. The lowest BCUT2D eigenvalue weighted by atomic mass is 9.98. The van der Waals surface area contributed by atoms with Gasteiger partial charge in [0.05, 0.1) is 16.4 Å². The molecule has 0 N–H and O–H groups in total. The molecule has 0 aliphatic carbocycles. The van der Waals surface area contributed by atoms with Crippen LogP contribution in [0.5, 0.6) is 5.75 Å². The monoisotopic (exact) mass is 448 g/mol. The highest BCUT2D eigenvalue weighted by molar-refractivity contribution is 7.09. The SMILES string of the molecule is CCc1ccnc(N2CCC(c3nc(COc4ccc(-n5cnnn5)cc4)cs3)CC2)n1. The highest BCUT2D eigenvalue weighted by Crippen LogP contribution is 2.31. The first kappa shape index (κ1) is 20.5. The summed E-state index contributed by atoms with van der Waals surface area (Å²) < 4.78 is 7.53. The van der Waals surface area contributed by atoms with Crippen LogP contribution in [0.25, 0.3) is 5.69 Å². The van der Waals surface area contributed by atoms with E-state index in [1.54, 1.807) is 22.3 Å². The van der Waals surface area contributed by atoms with Crippen molar-refractivity contribution in [1.29, 1.82) is 0 Å². The molecule has 5 rings (SSSR count). The van der Waals surface area contributed by atoms with Crippen LogP contribution >= 0.6 is 11.3 Å². The van der Waals surface area contributed by atoms with Crippen molar-refractivity contribution in [2.45, 2.75) is 38.7 Å². The quantitative estimate of drug-likeness (QED) is 0.424. The van der Waals surface area contributed by atoms with E-state index in [-0.39, 0.29) is 0 Å². The summed E-state index contributed by atoms with van der Waals surface area (Å²) in [6.07, 6.45) is 6.48. The van der Waals surface area contributed by atoms with Crippen molar-refractivity contribution in [2.75, 3.05) is 18.0 Å². The van der Waals surface area contributed by atoms with E-state index in [1.165, 1.54) is 5.01 Å². The normalized spacial score (nSPS) is 14.6. The van der Waals surface area contributed by atoms with E-state index >= 15 is 0 Å². The summed E-state index contributed by atoms with van der Waals surface area (Å²) in [6, 6.07) is 9.65. The fourth-order valence-electron chi connectivity index (χ4n) is 3.77. The van der Waals surface area contributed by atoms with Gasteiger partial charge in [-0.25, -0.2) is 19.6 Å². The van der Waals surface area contributed by atoms with Gasteiger partial charge in [-0.15, -0.1) is 16.4 Å². The average Bonchev–Trinajstić information content (AvgIpc) is 3.56. The summed E-state index contributed by atoms with van der Waals surface area (Å²) in [5.74, 6) is 2.12. The van der Waals surface area contributed by atoms with Gasteiger partial charge in [0.2, 0.25) is 5.95 Å². The lowest BCUT2D eigenvalue weighted by Gasteiger charge is -2.31. The molecule has 1 aromatic carbocycles. The third-order valence-electron chi connectivity index (χ3n) is 5.60. The minimum Gasteiger partial charge on any atom is -0.487 e. The van der Waals surface area contributed by atoms with Gasteiger partial charge in [-0.1, -0.05) is 6.92 Å². The topological polar surface area (TPSA) is 94.7 Å². The molecule has 0 unspecified atom stereocenters. The minimum absolute atomic E-state index is 0.456. The second kappa shape index (κ2) is 9.39. The number of hydrogen-bond acceptors (Lipinski definition) is 9. The number of hydrogen-bond donors (Lipinski definition) is 0. The molecule has 0 atom stereocenters. The number of nitrogens with zero attached hydrogens (tertiary/aromatic N) is 8. The van der Waals surface area contributed by atoms with Crippen molar-refractivity contribution in [1.82, 2.24) is 35.2 Å². The number of benzene rings is 1. The van der Waals surface area contributed by atoms with Crippen LogP contribution in [0.15, 0.2) is 48.2 Å². The molecule has 4 heterocycles. The zero-order chi connectivity index (χ0) is 21.8. The number of aromatic nitrogens is 7. The van der Waals surface area contributed by atoms with Gasteiger partial charge in [0, 0.05) is 36.3 Å². The predicted octanol–water partition coefficient (Wildman–Crippen LogP) is 3.43. The fourth-order valence-corrected chi connectivity index (χ4v) is 4.74. The van der Waals surface area contributed by atoms with Crippen LogP contribution in [0.3, 0.4) is 0 Å². The first-order valence-electron chi connectivity index (χ1n) is 10.8. The van der Waals surface area contributed by atoms with Crippen molar-refractivity contribution in [3.8, 4) is 11.4 Å². The first-order chi connectivity index (χ1) is 15.8. The molecule has 4 aromatic rings. The van der Waals surface area contributed by atoms with Gasteiger partial charge in [0.1, 0.15) is 18.7 Å². The lowest BCUT2D eigenvalue weighted by Crippen LogP contribution is -2.34. The molecule has 9 nitrogen and oxygen atoms in total. The van der Waals surface area contributed by atoms with Crippen LogP contribution in [-0.2, 0) is 13.0 Å². The number of aryl methyl sites for hydroxylation is 1. The molecule has 1 saturated heterocycles. The van der Waals surface area contributed by atoms with E-state index in [2.05, 4.69) is 42.7 Å². The number of piperidine rings is 1. The summed E-state index contributed by atoms with van der Waals surface area (Å²) in [7, 11) is 0. The average molecular weight is 449 g/mol. The van der Waals surface area contributed by atoms with Gasteiger partial charge >= 0.3 is 0 Å². The highest BCUT2D eigenvalue weighted by atomic mass is 32.1. The van der Waals surface area contributed by atoms with Gasteiger partial charge in [-0.2, -0.15) is 0 Å². The molecule has 0 spiro atoms. The smallest absolute Gasteiger partial charge is 0.225 e. The molecule has 1 aliphatic heterocycles. The summed E-state index contributed by atoms with van der Waals surface area (Å²) >= 11 is 1.73. The predicted molar refractivity (Wildman–Crippen MR) is 121 cm³/mol. The number of tetrazole rings is 1. The summed E-state index contributed by atoms with van der Waals surface area (Å²) in [6.45, 7) is 4.48. The van der Waals surface area contributed by atoms with Crippen molar-refractivity contribution in [3.63, 3.8) is 0 Å². The first-order valence-corrected chi connectivity index (χ1v) is 11.6. The highest BCUT2D eigenvalue weighted by Gasteiger charge is 2.24. The van der Waals surface area contributed by atoms with E-state index in [0.717, 1.165) is 61.1 Å². The van der Waals surface area contributed by atoms with E-state index in [1.807, 2.05) is 36.5 Å². The summed E-state index contributed by atoms with van der Waals surface area (Å²) in [5, 5.41) is 14.5. The van der Waals surface area contributed by atoms with Crippen molar-refractivity contribution < 1.29 is 4.74 Å². The minimum atomic E-state index is 0.456. The van der Waals surface area contributed by atoms with Crippen molar-refractivity contribution in [2.24, 2.45) is 0 Å². The number of thiazole rings is 1. The van der Waals surface area contributed by atoms with E-state index in [0.29, 0.717) is 12.5 Å². The van der Waals surface area contributed by atoms with E-state index < -0.39 is 0 Å². The Morgan fingerprint density at radius 1 is 1.06 bits per heavy atom. The van der Waals surface area contributed by atoms with Gasteiger partial charge < -0.3 is 9.64 Å². The largest absolute Gasteiger partial charge is 0.487 e. The van der Waals surface area contributed by atoms with Crippen LogP contribution in [0.4, 0.5) is 5.95 Å². The number of anilines is 1. The van der Waals surface area contributed by atoms with Gasteiger partial charge in [-0.05, 0) is 60.0 Å². The molecular weight excluding hydrogens is 424 g/mol. The number of ether oxygens (including phenoxy) is 1. The second-order valence-corrected chi connectivity index (χ2v) is 8.57. The molecule has 3 aromatic heterocycles. The van der Waals surface area contributed by atoms with Gasteiger partial charge in [0.25, 0.3) is 0 Å². The molecule has 1 fully saturated rings. The second-order valence-electron chi connectivity index (χ2n) is 7.68. The Balaban J connectivity index is 1.14. The molecule has 164 valence electrons. The van der Waals surface area contributed by atoms with Gasteiger partial charge in [0.15, 0.2) is 0 Å². The molecule has 10 heteroatoms. The fraction of sp³-hybridized carbons (Fsp3) is 0.364. The summed E-state index contributed by atoms with van der Waals surface area (Å²) in [5.41, 5.74) is 2.94. The zero-order valence-electron chi connectivity index (χ0n) is 17.8. The van der Waals surface area contributed by atoms with Gasteiger partial charge in [-0.3, -0.25) is 0 Å². The molecular formula is C22H24N8OS. The summed E-state index contributed by atoms with van der Waals surface area (Å²) in [4.78, 5) is 16.3. The van der Waals surface area contributed by atoms with Crippen LogP contribution in [0.2, 0.25) is 0 Å². The Labute approximate surface area is 190 Å². The van der Waals surface area contributed by atoms with E-state index in [4.69, 9.17) is 9.72 Å². The Hall–Kier alpha value is -3.40. The van der Waals surface area contributed by atoms with Crippen LogP contribution in [-0.4, -0.2) is 48.2 Å². The Morgan fingerprint density at radius 2 is 1.91 bits per heavy atom. The third-order valence-corrected chi connectivity index (χ3v) is 6.65. The van der Waals surface area contributed by atoms with Crippen LogP contribution in [0, 0.1) is 0 Å². The molecule has 0 amide bonds. The third kappa shape index (κ3) is 4.59. The molecule has 1 aliphatic rings. The maximum absolute atomic E-state index is 5.92. The molecule has 0 radical (unpaired) electrons. The standard InChI is InChI=1S/C22H24N8OS/c1-2-17-7-10-23-22(26-17)29-11-8-16(9-12-29)21-25-18(14-32-21)13-31-20-5-3-19(4-6-20)30-15-24-27-28-30/h3-7,10,14-16H,2,8-9,11-13H2,1H3. The molecule has 0 bridgehead atoms. The Kier molecular flexibility index (Phi) is 6.02. The molecule has 0 saturated carbocycles. The lowest BCUT2D eigenvalue weighted by molar-refractivity contribution is 0.301. The Bertz CT molecular complexity index is 1140. The number of rotatable bonds is 7. The van der Waals surface area contributed by atoms with Crippen molar-refractivity contribution in [3.05, 3.63) is 64.6 Å². The van der Waals surface area contributed by atoms with Crippen LogP contribution < -0.4 is 9.64 Å². The van der Waals surface area contributed by atoms with E-state index in [9.17, 15) is 0 Å². The van der Waals surface area contributed by atoms with Crippen LogP contribution in [0.1, 0.15) is 42.1 Å². The van der Waals surface area contributed by atoms with Crippen molar-refractivity contribution >= 4 is 17.3 Å². The Morgan fingerprint density at radius 3 is 2.66 bits per heavy atom. The maximum Gasteiger partial charge on any atom is 0.225 e. The molecule has 32 heavy (non-hydrogen) atoms.